The van der Waals surface area contributed by atoms with Gasteiger partial charge < -0.3 is 10.1 Å². The van der Waals surface area contributed by atoms with E-state index in [0.717, 1.165) is 18.9 Å². The molecule has 2 nitrogen and oxygen atoms in total. The van der Waals surface area contributed by atoms with E-state index >= 15 is 0 Å². The van der Waals surface area contributed by atoms with Gasteiger partial charge in [0.05, 0.1) is 18.6 Å². The van der Waals surface area contributed by atoms with Crippen LogP contribution in [0.4, 0.5) is 5.69 Å². The average molecular weight is 245 g/mol. The van der Waals surface area contributed by atoms with Crippen LogP contribution in [0.15, 0.2) is 41.8 Å². The van der Waals surface area contributed by atoms with Gasteiger partial charge in [-0.15, -0.1) is 11.3 Å². The van der Waals surface area contributed by atoms with E-state index < -0.39 is 0 Å². The highest BCUT2D eigenvalue weighted by Crippen LogP contribution is 2.41. The fourth-order valence-electron chi connectivity index (χ4n) is 2.26. The lowest BCUT2D eigenvalue weighted by Gasteiger charge is -2.41. The van der Waals surface area contributed by atoms with Gasteiger partial charge in [-0.2, -0.15) is 0 Å². The van der Waals surface area contributed by atoms with E-state index in [2.05, 4.69) is 47.1 Å². The molecule has 3 rings (SSSR count). The number of rotatable bonds is 3. The Morgan fingerprint density at radius 3 is 2.41 bits per heavy atom. The van der Waals surface area contributed by atoms with Gasteiger partial charge in [-0.3, -0.25) is 0 Å². The summed E-state index contributed by atoms with van der Waals surface area (Å²) in [6.45, 7) is 1.60. The monoisotopic (exact) mass is 245 g/mol. The van der Waals surface area contributed by atoms with Crippen molar-refractivity contribution >= 4 is 17.0 Å². The predicted molar refractivity (Wildman–Crippen MR) is 71.9 cm³/mol. The molecule has 2 heterocycles. The van der Waals surface area contributed by atoms with Crippen molar-refractivity contribution in [1.29, 1.82) is 0 Å². The number of ether oxygens (including phenoxy) is 1. The van der Waals surface area contributed by atoms with Gasteiger partial charge in [-0.05, 0) is 29.1 Å². The lowest BCUT2D eigenvalue weighted by atomic mass is 9.77. The minimum Gasteiger partial charge on any atom is -0.388 e. The van der Waals surface area contributed by atoms with E-state index in [0.29, 0.717) is 0 Å². The number of thiophene rings is 1. The molecule has 0 bridgehead atoms. The van der Waals surface area contributed by atoms with E-state index in [1.165, 1.54) is 10.4 Å². The second-order valence-electron chi connectivity index (χ2n) is 4.38. The number of anilines is 1. The fraction of sp³-hybridized carbons (Fsp3) is 0.286. The molecule has 0 saturated carbocycles. The molecule has 1 aromatic heterocycles. The largest absolute Gasteiger partial charge is 0.388 e. The molecule has 17 heavy (non-hydrogen) atoms. The highest BCUT2D eigenvalue weighted by Gasteiger charge is 2.42. The van der Waals surface area contributed by atoms with Gasteiger partial charge in [-0.25, -0.2) is 0 Å². The molecule has 2 aromatic rings. The van der Waals surface area contributed by atoms with Crippen LogP contribution in [0.25, 0.3) is 0 Å². The molecule has 1 saturated heterocycles. The molecule has 1 N–H and O–H groups in total. The zero-order valence-corrected chi connectivity index (χ0v) is 10.6. The quantitative estimate of drug-likeness (QED) is 0.897. The first-order valence-electron chi connectivity index (χ1n) is 5.75. The molecular formula is C14H15NOS. The third-order valence-electron chi connectivity index (χ3n) is 3.42. The zero-order valence-electron chi connectivity index (χ0n) is 9.77. The maximum absolute atomic E-state index is 5.46. The first-order chi connectivity index (χ1) is 8.35. The van der Waals surface area contributed by atoms with Crippen LogP contribution in [0.2, 0.25) is 0 Å². The second kappa shape index (κ2) is 4.17. The smallest absolute Gasteiger partial charge is 0.0762 e. The van der Waals surface area contributed by atoms with Crippen LogP contribution in [-0.2, 0) is 10.2 Å². The van der Waals surface area contributed by atoms with Crippen molar-refractivity contribution in [2.24, 2.45) is 0 Å². The van der Waals surface area contributed by atoms with E-state index in [1.807, 2.05) is 18.4 Å². The summed E-state index contributed by atoms with van der Waals surface area (Å²) in [4.78, 5) is 1.40. The van der Waals surface area contributed by atoms with Crippen LogP contribution in [0.5, 0.6) is 0 Å². The first kappa shape index (κ1) is 10.8. The second-order valence-corrected chi connectivity index (χ2v) is 5.33. The fourth-order valence-corrected chi connectivity index (χ4v) is 3.19. The van der Waals surface area contributed by atoms with Crippen molar-refractivity contribution in [3.8, 4) is 0 Å². The summed E-state index contributed by atoms with van der Waals surface area (Å²) in [6, 6.07) is 13.0. The summed E-state index contributed by atoms with van der Waals surface area (Å²) in [7, 11) is 1.94. The van der Waals surface area contributed by atoms with Crippen molar-refractivity contribution in [2.75, 3.05) is 25.6 Å². The molecular weight excluding hydrogens is 230 g/mol. The standard InChI is InChI=1S/C14H15NOS/c1-15-12-6-4-11(5-7-12)14(9-16-10-14)13-3-2-8-17-13/h2-8,15H,9-10H2,1H3. The van der Waals surface area contributed by atoms with E-state index in [9.17, 15) is 0 Å². The molecule has 88 valence electrons. The Kier molecular flexibility index (Phi) is 2.65. The molecule has 0 spiro atoms. The molecule has 0 aliphatic carbocycles. The highest BCUT2D eigenvalue weighted by molar-refractivity contribution is 7.10. The molecule has 1 fully saturated rings. The molecule has 0 amide bonds. The van der Waals surface area contributed by atoms with Crippen molar-refractivity contribution in [1.82, 2.24) is 0 Å². The van der Waals surface area contributed by atoms with Gasteiger partial charge in [0.15, 0.2) is 0 Å². The third-order valence-corrected chi connectivity index (χ3v) is 4.49. The summed E-state index contributed by atoms with van der Waals surface area (Å²) in [5, 5.41) is 5.28. The maximum atomic E-state index is 5.46. The average Bonchev–Trinajstić information content (AvgIpc) is 2.83. The molecule has 0 atom stereocenters. The van der Waals surface area contributed by atoms with Crippen LogP contribution in [0.1, 0.15) is 10.4 Å². The predicted octanol–water partition coefficient (Wildman–Crippen LogP) is 3.11. The van der Waals surface area contributed by atoms with E-state index in [4.69, 9.17) is 4.74 Å². The summed E-state index contributed by atoms with van der Waals surface area (Å²) in [6.07, 6.45) is 0. The minimum atomic E-state index is 0.0977. The van der Waals surface area contributed by atoms with Crippen molar-refractivity contribution in [2.45, 2.75) is 5.41 Å². The summed E-state index contributed by atoms with van der Waals surface area (Å²) in [5.41, 5.74) is 2.60. The molecule has 1 aliphatic rings. The topological polar surface area (TPSA) is 21.3 Å². The van der Waals surface area contributed by atoms with Crippen molar-refractivity contribution in [3.05, 3.63) is 52.2 Å². The first-order valence-corrected chi connectivity index (χ1v) is 6.63. The summed E-state index contributed by atoms with van der Waals surface area (Å²) < 4.78 is 5.46. The zero-order chi connectivity index (χ0) is 11.7. The number of benzene rings is 1. The van der Waals surface area contributed by atoms with Crippen LogP contribution in [-0.4, -0.2) is 20.3 Å². The Morgan fingerprint density at radius 2 is 1.94 bits per heavy atom. The Hall–Kier alpha value is -1.32. The Labute approximate surface area is 105 Å². The maximum Gasteiger partial charge on any atom is 0.0762 e. The summed E-state index contributed by atoms with van der Waals surface area (Å²) >= 11 is 1.81. The van der Waals surface area contributed by atoms with E-state index in [1.54, 1.807) is 0 Å². The van der Waals surface area contributed by atoms with Gasteiger partial charge in [-0.1, -0.05) is 18.2 Å². The number of hydrogen-bond donors (Lipinski definition) is 1. The molecule has 3 heteroatoms. The Morgan fingerprint density at radius 1 is 1.18 bits per heavy atom. The number of hydrogen-bond acceptors (Lipinski definition) is 3. The van der Waals surface area contributed by atoms with Gasteiger partial charge >= 0.3 is 0 Å². The SMILES string of the molecule is CNc1ccc(C2(c3cccs3)COC2)cc1. The molecule has 1 aliphatic heterocycles. The van der Waals surface area contributed by atoms with Crippen LogP contribution in [0.3, 0.4) is 0 Å². The van der Waals surface area contributed by atoms with Gasteiger partial charge in [0.2, 0.25) is 0 Å². The van der Waals surface area contributed by atoms with Crippen LogP contribution in [0, 0.1) is 0 Å². The minimum absolute atomic E-state index is 0.0977. The van der Waals surface area contributed by atoms with E-state index in [-0.39, 0.29) is 5.41 Å². The molecule has 0 unspecified atom stereocenters. The van der Waals surface area contributed by atoms with Crippen molar-refractivity contribution < 1.29 is 4.74 Å². The normalized spacial score (nSPS) is 17.5. The van der Waals surface area contributed by atoms with Crippen LogP contribution >= 0.6 is 11.3 Å². The highest BCUT2D eigenvalue weighted by atomic mass is 32.1. The van der Waals surface area contributed by atoms with Crippen LogP contribution < -0.4 is 5.32 Å². The van der Waals surface area contributed by atoms with Gasteiger partial charge in [0.25, 0.3) is 0 Å². The Balaban J connectivity index is 2.00. The number of nitrogens with one attached hydrogen (secondary N) is 1. The van der Waals surface area contributed by atoms with Crippen molar-refractivity contribution in [3.63, 3.8) is 0 Å². The lowest BCUT2D eigenvalue weighted by Crippen LogP contribution is -2.47. The lowest BCUT2D eigenvalue weighted by molar-refractivity contribution is -0.0362. The third kappa shape index (κ3) is 1.66. The molecule has 0 radical (unpaired) electrons. The van der Waals surface area contributed by atoms with Gasteiger partial charge in [0.1, 0.15) is 0 Å². The molecule has 1 aromatic carbocycles. The Bertz CT molecular complexity index is 485. The van der Waals surface area contributed by atoms with Gasteiger partial charge in [0, 0.05) is 17.6 Å². The summed E-state index contributed by atoms with van der Waals surface area (Å²) in [5.74, 6) is 0.